The number of fused-ring (bicyclic) bond motifs is 3. The number of hydrogen-bond donors (Lipinski definition) is 0. The predicted octanol–water partition coefficient (Wildman–Crippen LogP) is 7.49. The first-order valence-corrected chi connectivity index (χ1v) is 14.8. The maximum Gasteiger partial charge on any atom is 3.00 e. The van der Waals surface area contributed by atoms with E-state index >= 15 is 0 Å². The summed E-state index contributed by atoms with van der Waals surface area (Å²) in [6, 6.07) is 33.6. The van der Waals surface area contributed by atoms with Crippen LogP contribution in [0, 0.1) is 53.1 Å². The Kier molecular flexibility index (Phi) is 10.5. The summed E-state index contributed by atoms with van der Waals surface area (Å²) < 4.78 is 78.9. The summed E-state index contributed by atoms with van der Waals surface area (Å²) in [7, 11) is 0. The van der Waals surface area contributed by atoms with Gasteiger partial charge in [-0.2, -0.15) is 66.1 Å². The number of halogens is 6. The van der Waals surface area contributed by atoms with Crippen LogP contribution in [0.1, 0.15) is 0 Å². The Hall–Kier alpha value is -6.25. The van der Waals surface area contributed by atoms with Crippen molar-refractivity contribution in [2.75, 3.05) is 0 Å². The van der Waals surface area contributed by atoms with Crippen LogP contribution in [0.15, 0.2) is 109 Å². The first-order chi connectivity index (χ1) is 24.7. The summed E-state index contributed by atoms with van der Waals surface area (Å²) in [6.07, 6.45) is 0. The SMILES string of the molecule is Fc1ccc(-n2nc3c[c-]ccc3n2)c(F)c1.Fc1ccc(-n2nc3c[c-]ccc3n2)c(F)c1.Fc1ccc(-n2nc3c[c-]ccc3n2)c(F)c1.[Ir+3]. The van der Waals surface area contributed by atoms with Crippen LogP contribution in [-0.4, -0.2) is 45.0 Å². The van der Waals surface area contributed by atoms with Gasteiger partial charge < -0.3 is 0 Å². The second kappa shape index (κ2) is 15.3. The van der Waals surface area contributed by atoms with Gasteiger partial charge in [-0.05, 0) is 36.4 Å². The van der Waals surface area contributed by atoms with E-state index in [1.165, 1.54) is 36.4 Å². The van der Waals surface area contributed by atoms with E-state index in [9.17, 15) is 26.3 Å². The number of aromatic nitrogens is 9. The third-order valence-corrected chi connectivity index (χ3v) is 7.05. The standard InChI is InChI=1S/3C12H6F2N3.Ir/c3*13-8-5-6-12(9(14)7-8)17-15-10-3-1-2-4-11(10)16-17;/h3*1,3-7H;/q3*-1;+3. The summed E-state index contributed by atoms with van der Waals surface area (Å²) >= 11 is 0. The molecular weight excluding hydrogens is 865 g/mol. The van der Waals surface area contributed by atoms with Crippen LogP contribution in [0.2, 0.25) is 0 Å². The zero-order valence-electron chi connectivity index (χ0n) is 26.0. The molecule has 52 heavy (non-hydrogen) atoms. The number of nitrogens with zero attached hydrogens (tertiary/aromatic N) is 9. The van der Waals surface area contributed by atoms with Gasteiger partial charge in [0.15, 0.2) is 17.5 Å². The molecule has 0 atom stereocenters. The molecule has 0 amide bonds. The molecule has 9 rings (SSSR count). The zero-order valence-corrected chi connectivity index (χ0v) is 28.4. The quantitative estimate of drug-likeness (QED) is 0.135. The van der Waals surface area contributed by atoms with Gasteiger partial charge in [-0.3, -0.25) is 0 Å². The van der Waals surface area contributed by atoms with Crippen molar-refractivity contribution in [2.24, 2.45) is 0 Å². The van der Waals surface area contributed by atoms with E-state index in [-0.39, 0.29) is 37.2 Å². The molecule has 0 fully saturated rings. The van der Waals surface area contributed by atoms with Crippen molar-refractivity contribution in [2.45, 2.75) is 0 Å². The molecule has 0 aliphatic carbocycles. The smallest absolute Gasteiger partial charge is 0.215 e. The van der Waals surface area contributed by atoms with Crippen molar-refractivity contribution >= 4 is 33.1 Å². The van der Waals surface area contributed by atoms with Crippen molar-refractivity contribution in [3.8, 4) is 17.1 Å². The molecule has 258 valence electrons. The van der Waals surface area contributed by atoms with Gasteiger partial charge in [0.25, 0.3) is 0 Å². The second-order valence-electron chi connectivity index (χ2n) is 10.5. The summed E-state index contributed by atoms with van der Waals surface area (Å²) in [5, 5.41) is 24.5. The molecule has 0 radical (unpaired) electrons. The largest absolute Gasteiger partial charge is 3.00 e. The molecule has 16 heteroatoms. The van der Waals surface area contributed by atoms with E-state index in [1.807, 2.05) is 0 Å². The molecule has 0 aliphatic rings. The van der Waals surface area contributed by atoms with Crippen molar-refractivity contribution < 1.29 is 46.4 Å². The maximum atomic E-state index is 13.5. The van der Waals surface area contributed by atoms with E-state index in [4.69, 9.17) is 0 Å². The topological polar surface area (TPSA) is 92.1 Å². The van der Waals surface area contributed by atoms with E-state index in [1.54, 1.807) is 54.6 Å². The average molecular weight is 883 g/mol. The molecule has 0 unspecified atom stereocenters. The molecule has 0 saturated heterocycles. The van der Waals surface area contributed by atoms with E-state index in [0.29, 0.717) is 33.1 Å². The van der Waals surface area contributed by atoms with Crippen molar-refractivity contribution in [1.29, 1.82) is 0 Å². The Bertz CT molecular complexity index is 2270. The molecule has 3 aromatic heterocycles. The van der Waals surface area contributed by atoms with E-state index < -0.39 is 34.9 Å². The fraction of sp³-hybridized carbons (Fsp3) is 0. The molecule has 0 N–H and O–H groups in total. The molecule has 3 heterocycles. The van der Waals surface area contributed by atoms with Gasteiger partial charge in [-0.1, -0.05) is 0 Å². The van der Waals surface area contributed by atoms with E-state index in [0.717, 1.165) is 32.6 Å². The van der Waals surface area contributed by atoms with Crippen LogP contribution < -0.4 is 0 Å². The fourth-order valence-corrected chi connectivity index (χ4v) is 4.67. The minimum absolute atomic E-state index is 0. The Morgan fingerprint density at radius 2 is 0.635 bits per heavy atom. The van der Waals surface area contributed by atoms with Crippen LogP contribution in [0.5, 0.6) is 0 Å². The number of benzene rings is 6. The average Bonchev–Trinajstić information content (AvgIpc) is 3.85. The molecular formula is C36H18F6IrN9. The zero-order chi connectivity index (χ0) is 35.5. The fourth-order valence-electron chi connectivity index (χ4n) is 4.67. The van der Waals surface area contributed by atoms with Gasteiger partial charge in [0.1, 0.15) is 34.5 Å². The molecule has 9 nitrogen and oxygen atoms in total. The summed E-state index contributed by atoms with van der Waals surface area (Å²) in [4.78, 5) is 3.44. The molecule has 9 aromatic rings. The van der Waals surface area contributed by atoms with Crippen LogP contribution in [0.25, 0.3) is 50.2 Å². The van der Waals surface area contributed by atoms with Crippen molar-refractivity contribution in [1.82, 2.24) is 45.0 Å². The summed E-state index contributed by atoms with van der Waals surface area (Å²) in [5.41, 5.74) is 4.06. The van der Waals surface area contributed by atoms with Crippen LogP contribution >= 0.6 is 0 Å². The Morgan fingerprint density at radius 1 is 0.365 bits per heavy atom. The third-order valence-electron chi connectivity index (χ3n) is 7.05. The minimum atomic E-state index is -0.700. The van der Waals surface area contributed by atoms with Gasteiger partial charge in [-0.15, -0.1) is 36.4 Å². The molecule has 0 saturated carbocycles. The number of hydrogen-bond acceptors (Lipinski definition) is 6. The maximum absolute atomic E-state index is 13.5. The van der Waals surface area contributed by atoms with Gasteiger partial charge in [0.2, 0.25) is 0 Å². The second-order valence-corrected chi connectivity index (χ2v) is 10.5. The van der Waals surface area contributed by atoms with Crippen LogP contribution in [0.3, 0.4) is 0 Å². The first-order valence-electron chi connectivity index (χ1n) is 14.8. The number of rotatable bonds is 3. The van der Waals surface area contributed by atoms with Gasteiger partial charge >= 0.3 is 20.1 Å². The molecule has 0 spiro atoms. The van der Waals surface area contributed by atoms with Gasteiger partial charge in [0, 0.05) is 51.3 Å². The van der Waals surface area contributed by atoms with Crippen molar-refractivity contribution in [3.05, 3.63) is 162 Å². The molecule has 0 aliphatic heterocycles. The monoisotopic (exact) mass is 883 g/mol. The Balaban J connectivity index is 0.000000133. The van der Waals surface area contributed by atoms with Gasteiger partial charge in [-0.25, -0.2) is 41.6 Å². The predicted molar refractivity (Wildman–Crippen MR) is 173 cm³/mol. The molecule has 0 bridgehead atoms. The first kappa shape index (κ1) is 35.6. The van der Waals surface area contributed by atoms with Crippen LogP contribution in [-0.2, 0) is 20.1 Å². The normalized spacial score (nSPS) is 10.7. The van der Waals surface area contributed by atoms with E-state index in [2.05, 4.69) is 48.8 Å². The van der Waals surface area contributed by atoms with Crippen LogP contribution in [0.4, 0.5) is 26.3 Å². The molecule has 6 aromatic carbocycles. The van der Waals surface area contributed by atoms with Gasteiger partial charge in [0.05, 0.1) is 0 Å². The Labute approximate surface area is 303 Å². The Morgan fingerprint density at radius 3 is 0.885 bits per heavy atom. The summed E-state index contributed by atoms with van der Waals surface area (Å²) in [6.45, 7) is 0. The third kappa shape index (κ3) is 7.72. The minimum Gasteiger partial charge on any atom is -0.215 e. The van der Waals surface area contributed by atoms with Crippen molar-refractivity contribution in [3.63, 3.8) is 0 Å². The summed E-state index contributed by atoms with van der Waals surface area (Å²) in [5.74, 6) is -3.98.